The number of para-hydroxylation sites is 1. The SMILES string of the molecule is CCc1ccccc1-n1cnnc1SCC(=O)NCCc1ccsc1. The highest BCUT2D eigenvalue weighted by atomic mass is 32.2. The molecule has 0 unspecified atom stereocenters. The third kappa shape index (κ3) is 4.70. The Morgan fingerprint density at radius 3 is 3.00 bits per heavy atom. The van der Waals surface area contributed by atoms with Crippen LogP contribution in [-0.4, -0.2) is 33.0 Å². The van der Waals surface area contributed by atoms with E-state index in [-0.39, 0.29) is 5.91 Å². The van der Waals surface area contributed by atoms with Crippen LogP contribution in [0.2, 0.25) is 0 Å². The molecule has 0 aliphatic carbocycles. The van der Waals surface area contributed by atoms with Crippen LogP contribution in [0.15, 0.2) is 52.6 Å². The number of aromatic nitrogens is 3. The molecule has 0 fully saturated rings. The fourth-order valence-corrected chi connectivity index (χ4v) is 3.95. The zero-order valence-corrected chi connectivity index (χ0v) is 15.6. The third-order valence-corrected chi connectivity index (χ3v) is 5.47. The lowest BCUT2D eigenvalue weighted by Crippen LogP contribution is -2.27. The number of amides is 1. The van der Waals surface area contributed by atoms with Crippen molar-refractivity contribution in [1.29, 1.82) is 0 Å². The summed E-state index contributed by atoms with van der Waals surface area (Å²) in [6, 6.07) is 10.3. The van der Waals surface area contributed by atoms with Gasteiger partial charge in [0.05, 0.1) is 11.4 Å². The van der Waals surface area contributed by atoms with E-state index in [1.165, 1.54) is 22.9 Å². The molecule has 0 saturated carbocycles. The number of thioether (sulfide) groups is 1. The van der Waals surface area contributed by atoms with Crippen molar-refractivity contribution >= 4 is 29.0 Å². The van der Waals surface area contributed by atoms with Gasteiger partial charge in [0.25, 0.3) is 0 Å². The van der Waals surface area contributed by atoms with E-state index >= 15 is 0 Å². The number of nitrogens with one attached hydrogen (secondary N) is 1. The lowest BCUT2D eigenvalue weighted by Gasteiger charge is -2.10. The van der Waals surface area contributed by atoms with Crippen LogP contribution in [-0.2, 0) is 17.6 Å². The number of nitrogens with zero attached hydrogens (tertiary/aromatic N) is 3. The van der Waals surface area contributed by atoms with E-state index in [0.29, 0.717) is 12.3 Å². The Morgan fingerprint density at radius 2 is 2.20 bits per heavy atom. The van der Waals surface area contributed by atoms with Gasteiger partial charge in [-0.25, -0.2) is 0 Å². The molecule has 0 radical (unpaired) electrons. The largest absolute Gasteiger partial charge is 0.355 e. The van der Waals surface area contributed by atoms with Crippen LogP contribution in [0.1, 0.15) is 18.1 Å². The quantitative estimate of drug-likeness (QED) is 0.616. The van der Waals surface area contributed by atoms with Crippen LogP contribution < -0.4 is 5.32 Å². The molecule has 0 spiro atoms. The Balaban J connectivity index is 1.55. The molecular weight excluding hydrogens is 352 g/mol. The molecule has 2 heterocycles. The highest BCUT2D eigenvalue weighted by Gasteiger charge is 2.12. The molecule has 0 atom stereocenters. The normalized spacial score (nSPS) is 10.8. The highest BCUT2D eigenvalue weighted by molar-refractivity contribution is 7.99. The molecule has 5 nitrogen and oxygen atoms in total. The average molecular weight is 373 g/mol. The second-order valence-electron chi connectivity index (χ2n) is 5.49. The molecule has 0 saturated heterocycles. The van der Waals surface area contributed by atoms with Crippen molar-refractivity contribution in [3.05, 3.63) is 58.5 Å². The van der Waals surface area contributed by atoms with Crippen molar-refractivity contribution in [2.24, 2.45) is 0 Å². The van der Waals surface area contributed by atoms with Gasteiger partial charge in [-0.05, 0) is 46.9 Å². The van der Waals surface area contributed by atoms with Gasteiger partial charge < -0.3 is 5.32 Å². The first-order chi connectivity index (χ1) is 12.3. The van der Waals surface area contributed by atoms with Crippen LogP contribution in [0.25, 0.3) is 5.69 Å². The number of thiophene rings is 1. The number of carbonyl (C=O) groups excluding carboxylic acids is 1. The fourth-order valence-electron chi connectivity index (χ4n) is 2.50. The number of rotatable bonds is 8. The third-order valence-electron chi connectivity index (χ3n) is 3.80. The Morgan fingerprint density at radius 1 is 1.32 bits per heavy atom. The predicted molar refractivity (Wildman–Crippen MR) is 102 cm³/mol. The van der Waals surface area contributed by atoms with Crippen LogP contribution in [0.4, 0.5) is 0 Å². The van der Waals surface area contributed by atoms with Crippen molar-refractivity contribution in [2.75, 3.05) is 12.3 Å². The second kappa shape index (κ2) is 8.82. The van der Waals surface area contributed by atoms with Crippen LogP contribution in [0.5, 0.6) is 0 Å². The molecule has 2 aromatic heterocycles. The molecule has 7 heteroatoms. The summed E-state index contributed by atoms with van der Waals surface area (Å²) in [4.78, 5) is 12.1. The summed E-state index contributed by atoms with van der Waals surface area (Å²) >= 11 is 3.08. The molecule has 0 aliphatic rings. The first-order valence-electron chi connectivity index (χ1n) is 8.16. The summed E-state index contributed by atoms with van der Waals surface area (Å²) < 4.78 is 1.95. The summed E-state index contributed by atoms with van der Waals surface area (Å²) in [5, 5.41) is 16.0. The lowest BCUT2D eigenvalue weighted by molar-refractivity contribution is -0.118. The molecule has 1 N–H and O–H groups in total. The standard InChI is InChI=1S/C18H20N4OS2/c1-2-15-5-3-4-6-16(15)22-13-20-21-18(22)25-12-17(23)19-9-7-14-8-10-24-11-14/h3-6,8,10-11,13H,2,7,9,12H2,1H3,(H,19,23). The maximum atomic E-state index is 12.1. The average Bonchev–Trinajstić information content (AvgIpc) is 3.31. The molecule has 0 bridgehead atoms. The number of hydrogen-bond acceptors (Lipinski definition) is 5. The number of carbonyl (C=O) groups is 1. The smallest absolute Gasteiger partial charge is 0.230 e. The molecule has 3 rings (SSSR count). The summed E-state index contributed by atoms with van der Waals surface area (Å²) in [5.74, 6) is 0.343. The minimum atomic E-state index is 0.0126. The maximum absolute atomic E-state index is 12.1. The van der Waals surface area contributed by atoms with Gasteiger partial charge >= 0.3 is 0 Å². The van der Waals surface area contributed by atoms with Gasteiger partial charge in [0.15, 0.2) is 5.16 Å². The van der Waals surface area contributed by atoms with E-state index in [1.807, 2.05) is 28.1 Å². The molecule has 0 aliphatic heterocycles. The molecule has 1 aromatic carbocycles. The van der Waals surface area contributed by atoms with Crippen molar-refractivity contribution in [3.8, 4) is 5.69 Å². The Kier molecular flexibility index (Phi) is 6.25. The summed E-state index contributed by atoms with van der Waals surface area (Å²) in [6.07, 6.45) is 3.49. The van der Waals surface area contributed by atoms with Crippen molar-refractivity contribution < 1.29 is 4.79 Å². The van der Waals surface area contributed by atoms with Gasteiger partial charge in [-0.1, -0.05) is 36.9 Å². The minimum Gasteiger partial charge on any atom is -0.355 e. The molecule has 130 valence electrons. The Labute approximate surface area is 155 Å². The monoisotopic (exact) mass is 372 g/mol. The number of benzene rings is 1. The van der Waals surface area contributed by atoms with E-state index in [9.17, 15) is 4.79 Å². The van der Waals surface area contributed by atoms with Crippen LogP contribution >= 0.6 is 23.1 Å². The van der Waals surface area contributed by atoms with Gasteiger partial charge in [0.2, 0.25) is 5.91 Å². The second-order valence-corrected chi connectivity index (χ2v) is 7.21. The molecule has 3 aromatic rings. The first kappa shape index (κ1) is 17.7. The molecule has 1 amide bonds. The van der Waals surface area contributed by atoms with Crippen LogP contribution in [0, 0.1) is 0 Å². The van der Waals surface area contributed by atoms with E-state index in [1.54, 1.807) is 17.7 Å². The van der Waals surface area contributed by atoms with Crippen molar-refractivity contribution in [2.45, 2.75) is 24.9 Å². The summed E-state index contributed by atoms with van der Waals surface area (Å²) in [5.41, 5.74) is 3.55. The number of aryl methyl sites for hydroxylation is 1. The Bertz CT molecular complexity index is 814. The fraction of sp³-hybridized carbons (Fsp3) is 0.278. The van der Waals surface area contributed by atoms with E-state index < -0.39 is 0 Å². The van der Waals surface area contributed by atoms with Gasteiger partial charge in [-0.3, -0.25) is 9.36 Å². The lowest BCUT2D eigenvalue weighted by atomic mass is 10.1. The predicted octanol–water partition coefficient (Wildman–Crippen LogP) is 3.34. The highest BCUT2D eigenvalue weighted by Crippen LogP contribution is 2.22. The van der Waals surface area contributed by atoms with E-state index in [2.05, 4.69) is 40.0 Å². The topological polar surface area (TPSA) is 59.8 Å². The Hall–Kier alpha value is -2.12. The zero-order valence-electron chi connectivity index (χ0n) is 14.0. The first-order valence-corrected chi connectivity index (χ1v) is 10.1. The maximum Gasteiger partial charge on any atom is 0.230 e. The van der Waals surface area contributed by atoms with Gasteiger partial charge in [-0.2, -0.15) is 11.3 Å². The number of hydrogen-bond donors (Lipinski definition) is 1. The van der Waals surface area contributed by atoms with E-state index in [0.717, 1.165) is 23.7 Å². The van der Waals surface area contributed by atoms with Crippen molar-refractivity contribution in [1.82, 2.24) is 20.1 Å². The minimum absolute atomic E-state index is 0.0126. The zero-order chi connectivity index (χ0) is 17.5. The van der Waals surface area contributed by atoms with E-state index in [4.69, 9.17) is 0 Å². The summed E-state index contributed by atoms with van der Waals surface area (Å²) in [7, 11) is 0. The molecule has 25 heavy (non-hydrogen) atoms. The van der Waals surface area contributed by atoms with Crippen LogP contribution in [0.3, 0.4) is 0 Å². The van der Waals surface area contributed by atoms with Gasteiger partial charge in [-0.15, -0.1) is 10.2 Å². The van der Waals surface area contributed by atoms with Crippen molar-refractivity contribution in [3.63, 3.8) is 0 Å². The molecular formula is C18H20N4OS2. The van der Waals surface area contributed by atoms with Gasteiger partial charge in [0, 0.05) is 6.54 Å². The summed E-state index contributed by atoms with van der Waals surface area (Å²) in [6.45, 7) is 2.78. The van der Waals surface area contributed by atoms with Gasteiger partial charge in [0.1, 0.15) is 6.33 Å².